The topological polar surface area (TPSA) is 107 Å². The molecule has 13 heavy (non-hydrogen) atoms. The zero-order chi connectivity index (χ0) is 10.7. The van der Waals surface area contributed by atoms with Gasteiger partial charge in [-0.05, 0) is 6.92 Å². The molecule has 0 amide bonds. The van der Waals surface area contributed by atoms with Crippen molar-refractivity contribution in [3.63, 3.8) is 0 Å². The van der Waals surface area contributed by atoms with E-state index in [9.17, 15) is 16.8 Å². The Kier molecular flexibility index (Phi) is 4.26. The second kappa shape index (κ2) is 4.33. The van der Waals surface area contributed by atoms with Crippen LogP contribution in [0.5, 0.6) is 0 Å². The van der Waals surface area contributed by atoms with Crippen LogP contribution in [0.3, 0.4) is 0 Å². The highest BCUT2D eigenvalue weighted by molar-refractivity contribution is 7.86. The number of rotatable bonds is 5. The zero-order valence-electron chi connectivity index (χ0n) is 7.00. The average Bonchev–Trinajstić information content (AvgIpc) is 1.78. The van der Waals surface area contributed by atoms with E-state index in [1.54, 1.807) is 0 Å². The molecule has 0 aromatic rings. The third kappa shape index (κ3) is 9.70. The van der Waals surface area contributed by atoms with Crippen LogP contribution in [-0.4, -0.2) is 40.4 Å². The highest BCUT2D eigenvalue weighted by atomic mass is 32.3. The van der Waals surface area contributed by atoms with Crippen molar-refractivity contribution < 1.29 is 29.8 Å². The highest BCUT2D eigenvalue weighted by Crippen LogP contribution is 1.99. The van der Waals surface area contributed by atoms with E-state index >= 15 is 0 Å². The second-order valence-corrected chi connectivity index (χ2v) is 5.02. The van der Waals surface area contributed by atoms with Crippen LogP contribution >= 0.6 is 0 Å². The molecule has 9 heteroatoms. The lowest BCUT2D eigenvalue weighted by atomic mass is 10.5. The summed E-state index contributed by atoms with van der Waals surface area (Å²) in [5.74, 6) is 0. The van der Waals surface area contributed by atoms with Gasteiger partial charge in [-0.15, -0.1) is 0 Å². The van der Waals surface area contributed by atoms with Crippen LogP contribution in [0, 0.1) is 0 Å². The minimum atomic E-state index is -4.57. The summed E-state index contributed by atoms with van der Waals surface area (Å²) in [5.41, 5.74) is 0. The molecule has 0 rings (SSSR count). The first kappa shape index (κ1) is 12.8. The van der Waals surface area contributed by atoms with Crippen molar-refractivity contribution >= 4 is 20.5 Å². The van der Waals surface area contributed by atoms with Crippen LogP contribution in [0.1, 0.15) is 6.92 Å². The third-order valence-corrected chi connectivity index (χ3v) is 1.94. The molecule has 1 atom stereocenters. The highest BCUT2D eigenvalue weighted by Gasteiger charge is 2.14. The van der Waals surface area contributed by atoms with Crippen molar-refractivity contribution in [2.24, 2.45) is 0 Å². The fourth-order valence-electron chi connectivity index (χ4n) is 0.455. The standard InChI is InChI=1S/C4H10O7S2/c1-4(11-13(7,8)9)3-10-12(2,5)6/h4H,3H2,1-2H3,(H,7,8,9). The molecule has 0 aliphatic heterocycles. The normalized spacial score (nSPS) is 15.6. The van der Waals surface area contributed by atoms with E-state index in [2.05, 4.69) is 8.37 Å². The van der Waals surface area contributed by atoms with E-state index in [0.717, 1.165) is 6.26 Å². The van der Waals surface area contributed by atoms with E-state index in [1.807, 2.05) is 0 Å². The maximum absolute atomic E-state index is 10.4. The van der Waals surface area contributed by atoms with E-state index in [1.165, 1.54) is 6.92 Å². The van der Waals surface area contributed by atoms with Gasteiger partial charge >= 0.3 is 10.4 Å². The zero-order valence-corrected chi connectivity index (χ0v) is 8.63. The van der Waals surface area contributed by atoms with Gasteiger partial charge < -0.3 is 0 Å². The smallest absolute Gasteiger partial charge is 0.268 e. The first-order chi connectivity index (χ1) is 5.60. The fraction of sp³-hybridized carbons (Fsp3) is 1.00. The Hall–Kier alpha value is -0.220. The summed E-state index contributed by atoms with van der Waals surface area (Å²) >= 11 is 0. The molecule has 1 N–H and O–H groups in total. The summed E-state index contributed by atoms with van der Waals surface area (Å²) in [7, 11) is -8.20. The van der Waals surface area contributed by atoms with Crippen LogP contribution in [0.15, 0.2) is 0 Å². The van der Waals surface area contributed by atoms with Gasteiger partial charge in [0.05, 0.1) is 12.9 Å². The molecule has 0 aliphatic rings. The van der Waals surface area contributed by atoms with Gasteiger partial charge in [0, 0.05) is 0 Å². The first-order valence-corrected chi connectivity index (χ1v) is 6.28. The lowest BCUT2D eigenvalue weighted by Crippen LogP contribution is -2.21. The monoisotopic (exact) mass is 234 g/mol. The van der Waals surface area contributed by atoms with Crippen LogP contribution in [0.25, 0.3) is 0 Å². The quantitative estimate of drug-likeness (QED) is 0.488. The Morgan fingerprint density at radius 3 is 2.08 bits per heavy atom. The Labute approximate surface area is 76.7 Å². The third-order valence-electron chi connectivity index (χ3n) is 0.803. The van der Waals surface area contributed by atoms with Gasteiger partial charge in [0.2, 0.25) is 0 Å². The van der Waals surface area contributed by atoms with Gasteiger partial charge in [-0.3, -0.25) is 8.74 Å². The molecule has 0 aromatic carbocycles. The summed E-state index contributed by atoms with van der Waals surface area (Å²) in [5, 5.41) is 0. The van der Waals surface area contributed by atoms with Crippen molar-refractivity contribution in [1.29, 1.82) is 0 Å². The molecule has 0 saturated heterocycles. The van der Waals surface area contributed by atoms with Gasteiger partial charge in [-0.2, -0.15) is 16.8 Å². The van der Waals surface area contributed by atoms with E-state index in [0.29, 0.717) is 0 Å². The first-order valence-electron chi connectivity index (χ1n) is 3.10. The minimum absolute atomic E-state index is 0.474. The SMILES string of the molecule is CC(COS(C)(=O)=O)OS(=O)(=O)O. The molecule has 0 heterocycles. The largest absolute Gasteiger partial charge is 0.397 e. The van der Waals surface area contributed by atoms with Crippen molar-refractivity contribution in [3.05, 3.63) is 0 Å². The Bertz CT molecular complexity index is 339. The fourth-order valence-corrected chi connectivity index (χ4v) is 1.36. The number of hydrogen-bond acceptors (Lipinski definition) is 6. The van der Waals surface area contributed by atoms with Gasteiger partial charge in [-0.25, -0.2) is 4.18 Å². The van der Waals surface area contributed by atoms with Crippen molar-refractivity contribution in [1.82, 2.24) is 0 Å². The molecule has 0 fully saturated rings. The molecule has 0 saturated carbocycles. The summed E-state index contributed by atoms with van der Waals surface area (Å²) in [6.45, 7) is 0.761. The Morgan fingerprint density at radius 2 is 1.77 bits per heavy atom. The van der Waals surface area contributed by atoms with Gasteiger partial charge in [0.25, 0.3) is 10.1 Å². The predicted molar refractivity (Wildman–Crippen MR) is 42.9 cm³/mol. The van der Waals surface area contributed by atoms with Gasteiger partial charge in [-0.1, -0.05) is 0 Å². The van der Waals surface area contributed by atoms with Crippen LogP contribution < -0.4 is 0 Å². The molecular formula is C4H10O7S2. The molecule has 0 aliphatic carbocycles. The molecule has 1 unspecified atom stereocenters. The van der Waals surface area contributed by atoms with E-state index in [4.69, 9.17) is 4.55 Å². The van der Waals surface area contributed by atoms with Crippen molar-refractivity contribution in [3.8, 4) is 0 Å². The molecule has 0 spiro atoms. The maximum atomic E-state index is 10.4. The predicted octanol–water partition coefficient (Wildman–Crippen LogP) is -0.829. The lowest BCUT2D eigenvalue weighted by molar-refractivity contribution is 0.137. The van der Waals surface area contributed by atoms with Crippen LogP contribution in [-0.2, 0) is 28.9 Å². The van der Waals surface area contributed by atoms with Crippen LogP contribution in [0.2, 0.25) is 0 Å². The molecule has 0 radical (unpaired) electrons. The lowest BCUT2D eigenvalue weighted by Gasteiger charge is -2.08. The van der Waals surface area contributed by atoms with E-state index < -0.39 is 33.2 Å². The molecule has 7 nitrogen and oxygen atoms in total. The molecule has 0 aromatic heterocycles. The summed E-state index contributed by atoms with van der Waals surface area (Å²) in [4.78, 5) is 0. The Balaban J connectivity index is 3.98. The summed E-state index contributed by atoms with van der Waals surface area (Å²) < 4.78 is 57.4. The van der Waals surface area contributed by atoms with Gasteiger partial charge in [0.1, 0.15) is 6.10 Å². The van der Waals surface area contributed by atoms with Gasteiger partial charge in [0.15, 0.2) is 0 Å². The van der Waals surface area contributed by atoms with Crippen molar-refractivity contribution in [2.45, 2.75) is 13.0 Å². The average molecular weight is 234 g/mol. The molecular weight excluding hydrogens is 224 g/mol. The summed E-state index contributed by atoms with van der Waals surface area (Å²) in [6, 6.07) is 0. The minimum Gasteiger partial charge on any atom is -0.268 e. The maximum Gasteiger partial charge on any atom is 0.397 e. The van der Waals surface area contributed by atoms with E-state index in [-0.39, 0.29) is 0 Å². The summed E-state index contributed by atoms with van der Waals surface area (Å²) in [6.07, 6.45) is -0.252. The second-order valence-electron chi connectivity index (χ2n) is 2.32. The van der Waals surface area contributed by atoms with Crippen LogP contribution in [0.4, 0.5) is 0 Å². The molecule has 80 valence electrons. The number of hydrogen-bond donors (Lipinski definition) is 1. The molecule has 0 bridgehead atoms. The van der Waals surface area contributed by atoms with Crippen molar-refractivity contribution in [2.75, 3.05) is 12.9 Å². The Morgan fingerprint density at radius 1 is 1.31 bits per heavy atom.